The molecule has 0 aliphatic carbocycles. The number of carbonyl (C=O) groups excluding carboxylic acids is 1. The van der Waals surface area contributed by atoms with Gasteiger partial charge in [-0.05, 0) is 32.4 Å². The van der Waals surface area contributed by atoms with E-state index >= 15 is 0 Å². The molecular weight excluding hydrogens is 294 g/mol. The van der Waals surface area contributed by atoms with Gasteiger partial charge in [-0.15, -0.1) is 0 Å². The minimum atomic E-state index is -0.132. The summed E-state index contributed by atoms with van der Waals surface area (Å²) in [6.07, 6.45) is 1.74. The van der Waals surface area contributed by atoms with Gasteiger partial charge in [0.25, 0.3) is 0 Å². The van der Waals surface area contributed by atoms with Gasteiger partial charge in [0.05, 0.1) is 37.1 Å². The molecule has 1 saturated heterocycles. The van der Waals surface area contributed by atoms with Gasteiger partial charge in [-0.3, -0.25) is 9.78 Å². The lowest BCUT2D eigenvalue weighted by Gasteiger charge is -2.35. The van der Waals surface area contributed by atoms with E-state index in [1.807, 2.05) is 19.1 Å². The SMILES string of the molecule is Cc1cccnc1CN(C)C(=O)COC[C@@H]1COC(C)(C)CN1. The molecule has 0 aromatic carbocycles. The fourth-order valence-electron chi connectivity index (χ4n) is 2.33. The number of nitrogens with one attached hydrogen (secondary N) is 1. The van der Waals surface area contributed by atoms with Gasteiger partial charge in [-0.1, -0.05) is 6.07 Å². The molecule has 1 atom stereocenters. The predicted molar refractivity (Wildman–Crippen MR) is 88.1 cm³/mol. The van der Waals surface area contributed by atoms with Gasteiger partial charge in [0.2, 0.25) is 5.91 Å². The van der Waals surface area contributed by atoms with Crippen molar-refractivity contribution >= 4 is 5.91 Å². The third-order valence-electron chi connectivity index (χ3n) is 3.97. The minimum absolute atomic E-state index is 0.0490. The van der Waals surface area contributed by atoms with Crippen LogP contribution >= 0.6 is 0 Å². The summed E-state index contributed by atoms with van der Waals surface area (Å²) in [5.41, 5.74) is 1.86. The molecule has 1 aromatic rings. The van der Waals surface area contributed by atoms with Crippen molar-refractivity contribution in [2.24, 2.45) is 0 Å². The van der Waals surface area contributed by atoms with Crippen LogP contribution in [0.25, 0.3) is 0 Å². The normalized spacial score (nSPS) is 20.3. The van der Waals surface area contributed by atoms with E-state index < -0.39 is 0 Å². The Morgan fingerprint density at radius 3 is 3.00 bits per heavy atom. The largest absolute Gasteiger partial charge is 0.373 e. The van der Waals surface area contributed by atoms with Crippen molar-refractivity contribution in [1.29, 1.82) is 0 Å². The van der Waals surface area contributed by atoms with Crippen LogP contribution in [0.4, 0.5) is 0 Å². The molecule has 0 spiro atoms. The zero-order valence-electron chi connectivity index (χ0n) is 14.5. The highest BCUT2D eigenvalue weighted by atomic mass is 16.5. The van der Waals surface area contributed by atoms with Crippen molar-refractivity contribution in [3.8, 4) is 0 Å². The summed E-state index contributed by atoms with van der Waals surface area (Å²) in [5.74, 6) is -0.0490. The molecule has 0 unspecified atom stereocenters. The summed E-state index contributed by atoms with van der Waals surface area (Å²) in [6, 6.07) is 4.02. The molecule has 2 heterocycles. The third kappa shape index (κ3) is 5.57. The molecule has 1 amide bonds. The number of morpholine rings is 1. The van der Waals surface area contributed by atoms with Crippen molar-refractivity contribution in [2.75, 3.05) is 33.4 Å². The Hall–Kier alpha value is -1.50. The van der Waals surface area contributed by atoms with Crippen LogP contribution in [0.15, 0.2) is 18.3 Å². The molecule has 0 bridgehead atoms. The third-order valence-corrected chi connectivity index (χ3v) is 3.97. The number of ether oxygens (including phenoxy) is 2. The van der Waals surface area contributed by atoms with E-state index in [0.29, 0.717) is 19.8 Å². The summed E-state index contributed by atoms with van der Waals surface area (Å²) in [6.45, 7) is 8.52. The second-order valence-electron chi connectivity index (χ2n) is 6.68. The number of aromatic nitrogens is 1. The number of hydrogen-bond donors (Lipinski definition) is 1. The van der Waals surface area contributed by atoms with Crippen LogP contribution in [-0.2, 0) is 20.8 Å². The molecule has 1 aromatic heterocycles. The minimum Gasteiger partial charge on any atom is -0.373 e. The first-order valence-corrected chi connectivity index (χ1v) is 7.97. The first-order chi connectivity index (χ1) is 10.9. The van der Waals surface area contributed by atoms with Crippen LogP contribution in [0.5, 0.6) is 0 Å². The van der Waals surface area contributed by atoms with Crippen LogP contribution in [0, 0.1) is 6.92 Å². The summed E-state index contributed by atoms with van der Waals surface area (Å²) in [5, 5.41) is 3.37. The lowest BCUT2D eigenvalue weighted by atomic mass is 10.1. The summed E-state index contributed by atoms with van der Waals surface area (Å²) >= 11 is 0. The zero-order valence-corrected chi connectivity index (χ0v) is 14.5. The first-order valence-electron chi connectivity index (χ1n) is 7.97. The Kier molecular flexibility index (Phi) is 6.10. The molecule has 23 heavy (non-hydrogen) atoms. The number of hydrogen-bond acceptors (Lipinski definition) is 5. The van der Waals surface area contributed by atoms with Gasteiger partial charge >= 0.3 is 0 Å². The maximum absolute atomic E-state index is 12.1. The number of nitrogens with zero attached hydrogens (tertiary/aromatic N) is 2. The molecular formula is C17H27N3O3. The molecule has 0 radical (unpaired) electrons. The Bertz CT molecular complexity index is 524. The fourth-order valence-corrected chi connectivity index (χ4v) is 2.33. The fraction of sp³-hybridized carbons (Fsp3) is 0.647. The predicted octanol–water partition coefficient (Wildman–Crippen LogP) is 1.13. The highest BCUT2D eigenvalue weighted by Crippen LogP contribution is 2.13. The average Bonchev–Trinajstić information content (AvgIpc) is 2.51. The summed E-state index contributed by atoms with van der Waals surface area (Å²) in [4.78, 5) is 18.1. The maximum atomic E-state index is 12.1. The van der Waals surface area contributed by atoms with Gasteiger partial charge in [0.15, 0.2) is 0 Å². The van der Waals surface area contributed by atoms with E-state index in [1.165, 1.54) is 0 Å². The molecule has 2 rings (SSSR count). The molecule has 128 valence electrons. The smallest absolute Gasteiger partial charge is 0.248 e. The highest BCUT2D eigenvalue weighted by molar-refractivity contribution is 5.77. The molecule has 1 aliphatic heterocycles. The number of carbonyl (C=O) groups is 1. The summed E-state index contributed by atoms with van der Waals surface area (Å²) in [7, 11) is 1.77. The topological polar surface area (TPSA) is 63.7 Å². The monoisotopic (exact) mass is 321 g/mol. The van der Waals surface area contributed by atoms with Crippen LogP contribution in [0.3, 0.4) is 0 Å². The van der Waals surface area contributed by atoms with E-state index in [1.54, 1.807) is 18.1 Å². The molecule has 6 heteroatoms. The highest BCUT2D eigenvalue weighted by Gasteiger charge is 2.27. The summed E-state index contributed by atoms with van der Waals surface area (Å²) < 4.78 is 11.3. The van der Waals surface area contributed by atoms with Crippen molar-refractivity contribution in [3.05, 3.63) is 29.6 Å². The second kappa shape index (κ2) is 7.86. The number of likely N-dealkylation sites (N-methyl/N-ethyl adjacent to an activating group) is 1. The number of pyridine rings is 1. The second-order valence-corrected chi connectivity index (χ2v) is 6.68. The lowest BCUT2D eigenvalue weighted by molar-refractivity contribution is -0.136. The maximum Gasteiger partial charge on any atom is 0.248 e. The Morgan fingerprint density at radius 1 is 1.57 bits per heavy atom. The van der Waals surface area contributed by atoms with Crippen molar-refractivity contribution in [2.45, 2.75) is 39.0 Å². The van der Waals surface area contributed by atoms with Gasteiger partial charge in [0.1, 0.15) is 6.61 Å². The van der Waals surface area contributed by atoms with Crippen molar-refractivity contribution in [1.82, 2.24) is 15.2 Å². The Morgan fingerprint density at radius 2 is 2.35 bits per heavy atom. The quantitative estimate of drug-likeness (QED) is 0.851. The standard InChI is InChI=1S/C17H27N3O3/c1-13-6-5-7-18-15(13)8-20(4)16(21)11-22-9-14-10-23-17(2,3)12-19-14/h5-7,14,19H,8-12H2,1-4H3/t14-/m1/s1. The number of aryl methyl sites for hydroxylation is 1. The van der Waals surface area contributed by atoms with Gasteiger partial charge < -0.3 is 19.7 Å². The Labute approximate surface area is 138 Å². The molecule has 1 fully saturated rings. The lowest BCUT2D eigenvalue weighted by Crippen LogP contribution is -2.53. The van der Waals surface area contributed by atoms with Gasteiger partial charge in [0, 0.05) is 19.8 Å². The number of amides is 1. The zero-order chi connectivity index (χ0) is 16.9. The van der Waals surface area contributed by atoms with Crippen molar-refractivity contribution < 1.29 is 14.3 Å². The van der Waals surface area contributed by atoms with Crippen LogP contribution in [-0.4, -0.2) is 60.8 Å². The van der Waals surface area contributed by atoms with Crippen LogP contribution < -0.4 is 5.32 Å². The Balaban J connectivity index is 1.69. The van der Waals surface area contributed by atoms with E-state index in [4.69, 9.17) is 9.47 Å². The van der Waals surface area contributed by atoms with Crippen molar-refractivity contribution in [3.63, 3.8) is 0 Å². The first kappa shape index (κ1) is 17.8. The van der Waals surface area contributed by atoms with E-state index in [0.717, 1.165) is 17.8 Å². The van der Waals surface area contributed by atoms with Gasteiger partial charge in [-0.2, -0.15) is 0 Å². The number of rotatable bonds is 6. The molecule has 0 saturated carbocycles. The van der Waals surface area contributed by atoms with E-state index in [2.05, 4.69) is 24.1 Å². The van der Waals surface area contributed by atoms with Crippen LogP contribution in [0.1, 0.15) is 25.1 Å². The molecule has 1 aliphatic rings. The molecule has 1 N–H and O–H groups in total. The van der Waals surface area contributed by atoms with Gasteiger partial charge in [-0.25, -0.2) is 0 Å². The molecule has 6 nitrogen and oxygen atoms in total. The average molecular weight is 321 g/mol. The van der Waals surface area contributed by atoms with Crippen LogP contribution in [0.2, 0.25) is 0 Å². The van der Waals surface area contributed by atoms with E-state index in [9.17, 15) is 4.79 Å². The van der Waals surface area contributed by atoms with E-state index in [-0.39, 0.29) is 24.2 Å².